The normalized spacial score (nSPS) is 11.1. The number of benzene rings is 1. The van der Waals surface area contributed by atoms with Gasteiger partial charge in [0.05, 0.1) is 6.54 Å². The maximum Gasteiger partial charge on any atom is 0.236 e. The molecule has 0 bridgehead atoms. The Bertz CT molecular complexity index is 396. The third-order valence-electron chi connectivity index (χ3n) is 3.13. The van der Waals surface area contributed by atoms with Crippen LogP contribution in [-0.4, -0.2) is 23.9 Å². The van der Waals surface area contributed by atoms with E-state index < -0.39 is 0 Å². The molecule has 1 amide bonds. The lowest BCUT2D eigenvalue weighted by Crippen LogP contribution is -2.37. The van der Waals surface area contributed by atoms with Gasteiger partial charge in [0.2, 0.25) is 5.91 Å². The van der Waals surface area contributed by atoms with Gasteiger partial charge in [-0.1, -0.05) is 52.0 Å². The number of hydrogen-bond donors (Lipinski definition) is 1. The zero-order valence-electron chi connectivity index (χ0n) is 12.5. The van der Waals surface area contributed by atoms with Crippen molar-refractivity contribution in [1.82, 2.24) is 4.90 Å². The van der Waals surface area contributed by atoms with Gasteiger partial charge in [-0.15, -0.1) is 0 Å². The highest BCUT2D eigenvalue weighted by atomic mass is 16.2. The summed E-state index contributed by atoms with van der Waals surface area (Å²) in [6, 6.07) is 8.49. The molecule has 2 N–H and O–H groups in total. The number of carbonyl (C=O) groups excluding carboxylic acids is 1. The molecule has 19 heavy (non-hydrogen) atoms. The van der Waals surface area contributed by atoms with Crippen molar-refractivity contribution in [1.29, 1.82) is 0 Å². The van der Waals surface area contributed by atoms with Crippen LogP contribution in [-0.2, 0) is 11.3 Å². The van der Waals surface area contributed by atoms with E-state index in [1.165, 1.54) is 5.56 Å². The van der Waals surface area contributed by atoms with Gasteiger partial charge in [0.25, 0.3) is 0 Å². The molecule has 0 unspecified atom stereocenters. The Morgan fingerprint density at radius 3 is 2.16 bits per heavy atom. The van der Waals surface area contributed by atoms with Gasteiger partial charge in [0.1, 0.15) is 0 Å². The van der Waals surface area contributed by atoms with E-state index in [9.17, 15) is 4.79 Å². The van der Waals surface area contributed by atoms with Gasteiger partial charge in [-0.25, -0.2) is 0 Å². The number of nitrogens with two attached hydrogens (primary N) is 1. The summed E-state index contributed by atoms with van der Waals surface area (Å²) in [4.78, 5) is 13.7. The Labute approximate surface area is 116 Å². The maximum absolute atomic E-state index is 11.8. The van der Waals surface area contributed by atoms with Gasteiger partial charge in [-0.3, -0.25) is 4.79 Å². The summed E-state index contributed by atoms with van der Waals surface area (Å²) >= 11 is 0. The zero-order chi connectivity index (χ0) is 14.4. The smallest absolute Gasteiger partial charge is 0.236 e. The van der Waals surface area contributed by atoms with Crippen LogP contribution in [0.2, 0.25) is 0 Å². The van der Waals surface area contributed by atoms with E-state index in [2.05, 4.69) is 52.0 Å². The number of rotatable bonds is 6. The first kappa shape index (κ1) is 15.7. The Morgan fingerprint density at radius 2 is 1.74 bits per heavy atom. The second kappa shape index (κ2) is 7.29. The van der Waals surface area contributed by atoms with Crippen LogP contribution in [0.3, 0.4) is 0 Å². The van der Waals surface area contributed by atoms with Gasteiger partial charge in [0, 0.05) is 13.1 Å². The first-order valence-electron chi connectivity index (χ1n) is 7.00. The lowest BCUT2D eigenvalue weighted by Gasteiger charge is -2.24. The Kier molecular flexibility index (Phi) is 6.03. The Balaban J connectivity index is 2.75. The summed E-state index contributed by atoms with van der Waals surface area (Å²) in [5.74, 6) is 0.999. The molecule has 1 aromatic rings. The highest BCUT2D eigenvalue weighted by molar-refractivity contribution is 5.78. The molecule has 106 valence electrons. The van der Waals surface area contributed by atoms with Crippen LogP contribution in [0.25, 0.3) is 0 Å². The quantitative estimate of drug-likeness (QED) is 0.857. The van der Waals surface area contributed by atoms with Crippen LogP contribution in [0.4, 0.5) is 0 Å². The number of nitrogens with zero attached hydrogens (tertiary/aromatic N) is 1. The summed E-state index contributed by atoms with van der Waals surface area (Å²) in [5.41, 5.74) is 7.96. The molecule has 0 radical (unpaired) electrons. The minimum absolute atomic E-state index is 0.0154. The molecule has 1 rings (SSSR count). The topological polar surface area (TPSA) is 46.3 Å². The largest absolute Gasteiger partial charge is 0.337 e. The first-order chi connectivity index (χ1) is 8.93. The van der Waals surface area contributed by atoms with E-state index in [-0.39, 0.29) is 12.5 Å². The van der Waals surface area contributed by atoms with E-state index in [0.717, 1.165) is 12.1 Å². The van der Waals surface area contributed by atoms with Crippen molar-refractivity contribution in [2.75, 3.05) is 13.1 Å². The molecule has 0 aliphatic heterocycles. The van der Waals surface area contributed by atoms with E-state index in [4.69, 9.17) is 5.73 Å². The fraction of sp³-hybridized carbons (Fsp3) is 0.562. The molecule has 0 saturated heterocycles. The average Bonchev–Trinajstić information content (AvgIpc) is 2.37. The molecule has 0 aliphatic rings. The standard InChI is InChI=1S/C16H26N2O/c1-12(2)10-18(16(19)9-17)11-14-5-7-15(8-6-14)13(3)4/h5-8,12-13H,9-11,17H2,1-4H3. The zero-order valence-corrected chi connectivity index (χ0v) is 12.5. The lowest BCUT2D eigenvalue weighted by atomic mass is 10.0. The molecule has 0 heterocycles. The molecule has 1 aromatic carbocycles. The molecule has 0 atom stereocenters. The summed E-state index contributed by atoms with van der Waals surface area (Å²) in [6.07, 6.45) is 0. The summed E-state index contributed by atoms with van der Waals surface area (Å²) in [5, 5.41) is 0. The predicted octanol–water partition coefficient (Wildman–Crippen LogP) is 2.75. The Morgan fingerprint density at radius 1 is 1.16 bits per heavy atom. The number of hydrogen-bond acceptors (Lipinski definition) is 2. The van der Waals surface area contributed by atoms with Crippen molar-refractivity contribution >= 4 is 5.91 Å². The monoisotopic (exact) mass is 262 g/mol. The van der Waals surface area contributed by atoms with Crippen LogP contribution >= 0.6 is 0 Å². The molecule has 0 fully saturated rings. The Hall–Kier alpha value is -1.35. The first-order valence-corrected chi connectivity index (χ1v) is 7.00. The van der Waals surface area contributed by atoms with Crippen molar-refractivity contribution in [2.45, 2.75) is 40.2 Å². The highest BCUT2D eigenvalue weighted by Crippen LogP contribution is 2.16. The van der Waals surface area contributed by atoms with Crippen LogP contribution in [0.5, 0.6) is 0 Å². The second-order valence-electron chi connectivity index (χ2n) is 5.77. The SMILES string of the molecule is CC(C)CN(Cc1ccc(C(C)C)cc1)C(=O)CN. The number of carbonyl (C=O) groups is 1. The van der Waals surface area contributed by atoms with Gasteiger partial charge in [-0.2, -0.15) is 0 Å². The third kappa shape index (κ3) is 5.03. The van der Waals surface area contributed by atoms with Crippen molar-refractivity contribution < 1.29 is 4.79 Å². The molecule has 0 spiro atoms. The van der Waals surface area contributed by atoms with Gasteiger partial charge >= 0.3 is 0 Å². The molecular formula is C16H26N2O. The second-order valence-corrected chi connectivity index (χ2v) is 5.77. The van der Waals surface area contributed by atoms with E-state index in [0.29, 0.717) is 18.4 Å². The van der Waals surface area contributed by atoms with Crippen molar-refractivity contribution in [3.8, 4) is 0 Å². The molecule has 3 heteroatoms. The van der Waals surface area contributed by atoms with Crippen molar-refractivity contribution in [3.05, 3.63) is 35.4 Å². The van der Waals surface area contributed by atoms with E-state index >= 15 is 0 Å². The van der Waals surface area contributed by atoms with E-state index in [1.807, 2.05) is 4.90 Å². The molecule has 0 aliphatic carbocycles. The fourth-order valence-electron chi connectivity index (χ4n) is 2.05. The highest BCUT2D eigenvalue weighted by Gasteiger charge is 2.13. The minimum Gasteiger partial charge on any atom is -0.337 e. The number of amides is 1. The third-order valence-corrected chi connectivity index (χ3v) is 3.13. The van der Waals surface area contributed by atoms with Crippen LogP contribution in [0.15, 0.2) is 24.3 Å². The van der Waals surface area contributed by atoms with Gasteiger partial charge in [-0.05, 0) is 23.0 Å². The van der Waals surface area contributed by atoms with Gasteiger partial charge < -0.3 is 10.6 Å². The summed E-state index contributed by atoms with van der Waals surface area (Å²) in [6.45, 7) is 10.1. The van der Waals surface area contributed by atoms with Crippen LogP contribution in [0, 0.1) is 5.92 Å². The lowest BCUT2D eigenvalue weighted by molar-refractivity contribution is -0.130. The summed E-state index contributed by atoms with van der Waals surface area (Å²) < 4.78 is 0. The van der Waals surface area contributed by atoms with Crippen LogP contribution < -0.4 is 5.73 Å². The van der Waals surface area contributed by atoms with E-state index in [1.54, 1.807) is 0 Å². The minimum atomic E-state index is 0.0154. The maximum atomic E-state index is 11.8. The predicted molar refractivity (Wildman–Crippen MR) is 79.8 cm³/mol. The molecule has 0 saturated carbocycles. The average molecular weight is 262 g/mol. The van der Waals surface area contributed by atoms with Crippen molar-refractivity contribution in [2.24, 2.45) is 11.7 Å². The molecule has 3 nitrogen and oxygen atoms in total. The molecule has 0 aromatic heterocycles. The van der Waals surface area contributed by atoms with Crippen LogP contribution in [0.1, 0.15) is 44.7 Å². The van der Waals surface area contributed by atoms with Gasteiger partial charge in [0.15, 0.2) is 0 Å². The molecular weight excluding hydrogens is 236 g/mol. The van der Waals surface area contributed by atoms with Crippen molar-refractivity contribution in [3.63, 3.8) is 0 Å². The summed E-state index contributed by atoms with van der Waals surface area (Å²) in [7, 11) is 0. The fourth-order valence-corrected chi connectivity index (χ4v) is 2.05.